The zero-order valence-corrected chi connectivity index (χ0v) is 13.5. The third-order valence-corrected chi connectivity index (χ3v) is 4.13. The third kappa shape index (κ3) is 4.26. The minimum atomic E-state index is -1.39. The van der Waals surface area contributed by atoms with E-state index >= 15 is 0 Å². The van der Waals surface area contributed by atoms with E-state index in [1.165, 1.54) is 7.11 Å². The summed E-state index contributed by atoms with van der Waals surface area (Å²) in [6.45, 7) is 2.59. The molecule has 0 aliphatic carbocycles. The molecule has 1 rings (SSSR count). The van der Waals surface area contributed by atoms with Gasteiger partial charge < -0.3 is 10.5 Å². The van der Waals surface area contributed by atoms with Gasteiger partial charge in [-0.1, -0.05) is 6.92 Å². The first kappa shape index (κ1) is 16.6. The Morgan fingerprint density at radius 1 is 1.53 bits per heavy atom. The Morgan fingerprint density at radius 3 is 2.68 bits per heavy atom. The number of alkyl halides is 1. The van der Waals surface area contributed by atoms with E-state index in [1.54, 1.807) is 4.68 Å². The molecule has 2 N–H and O–H groups in total. The Balaban J connectivity index is 2.92. The summed E-state index contributed by atoms with van der Waals surface area (Å²) in [6.07, 6.45) is 2.15. The summed E-state index contributed by atoms with van der Waals surface area (Å²) in [6, 6.07) is 0. The van der Waals surface area contributed by atoms with Gasteiger partial charge in [0.1, 0.15) is 5.67 Å². The number of nitrogens with zero attached hydrogens (tertiary/aromatic N) is 2. The lowest BCUT2D eigenvalue weighted by molar-refractivity contribution is 0.0320. The van der Waals surface area contributed by atoms with Gasteiger partial charge in [-0.3, -0.25) is 4.68 Å². The molecule has 0 aliphatic rings. The number of aryl methyl sites for hydroxylation is 2. The molecule has 0 aliphatic heterocycles. The average molecular weight is 336 g/mol. The lowest BCUT2D eigenvalue weighted by atomic mass is 9.94. The molecule has 1 atom stereocenters. The van der Waals surface area contributed by atoms with Crippen molar-refractivity contribution >= 4 is 15.9 Å². The van der Waals surface area contributed by atoms with Crippen molar-refractivity contribution in [1.82, 2.24) is 9.78 Å². The van der Waals surface area contributed by atoms with Gasteiger partial charge in [-0.15, -0.1) is 0 Å². The van der Waals surface area contributed by atoms with Crippen LogP contribution in [0.5, 0.6) is 0 Å². The van der Waals surface area contributed by atoms with E-state index in [1.807, 2.05) is 14.0 Å². The highest BCUT2D eigenvalue weighted by Crippen LogP contribution is 2.30. The smallest absolute Gasteiger partial charge is 0.139 e. The molecule has 0 saturated carbocycles. The lowest BCUT2D eigenvalue weighted by Crippen LogP contribution is -2.33. The molecule has 1 heterocycles. The summed E-state index contributed by atoms with van der Waals surface area (Å²) in [5.41, 5.74) is 5.91. The maximum absolute atomic E-state index is 14.9. The number of methoxy groups -OCH3 is 1. The summed E-state index contributed by atoms with van der Waals surface area (Å²) in [5, 5.41) is 4.39. The second kappa shape index (κ2) is 7.36. The Morgan fingerprint density at radius 2 is 2.21 bits per heavy atom. The minimum Gasteiger partial charge on any atom is -0.381 e. The number of ether oxygens (including phenoxy) is 1. The van der Waals surface area contributed by atoms with E-state index in [9.17, 15) is 4.39 Å². The number of nitrogens with two attached hydrogens (primary N) is 1. The van der Waals surface area contributed by atoms with E-state index in [2.05, 4.69) is 21.0 Å². The highest BCUT2D eigenvalue weighted by Gasteiger charge is 2.32. The van der Waals surface area contributed by atoms with Crippen LogP contribution in [0.1, 0.15) is 31.2 Å². The SMILES string of the molecule is CCc1nn(C)c(CC(F)(CCCN)COC)c1Br. The summed E-state index contributed by atoms with van der Waals surface area (Å²) < 4.78 is 22.6. The molecule has 0 radical (unpaired) electrons. The first-order valence-corrected chi connectivity index (χ1v) is 7.35. The molecule has 0 saturated heterocycles. The quantitative estimate of drug-likeness (QED) is 0.793. The van der Waals surface area contributed by atoms with Crippen molar-refractivity contribution in [3.8, 4) is 0 Å². The van der Waals surface area contributed by atoms with Crippen LogP contribution < -0.4 is 5.73 Å². The first-order chi connectivity index (χ1) is 8.97. The zero-order valence-electron chi connectivity index (χ0n) is 11.9. The van der Waals surface area contributed by atoms with Gasteiger partial charge in [0.2, 0.25) is 0 Å². The van der Waals surface area contributed by atoms with Crippen LogP contribution in [-0.2, 0) is 24.6 Å². The molecule has 1 aromatic rings. The standard InChI is InChI=1S/C13H23BrFN3O/c1-4-10-12(14)11(18(2)17-10)8-13(15,9-19-3)6-5-7-16/h4-9,16H2,1-3H3. The zero-order chi connectivity index (χ0) is 14.5. The molecule has 19 heavy (non-hydrogen) atoms. The van der Waals surface area contributed by atoms with Crippen LogP contribution in [0, 0.1) is 0 Å². The molecule has 6 heteroatoms. The van der Waals surface area contributed by atoms with Gasteiger partial charge in [0, 0.05) is 20.6 Å². The third-order valence-electron chi connectivity index (χ3n) is 3.22. The van der Waals surface area contributed by atoms with Gasteiger partial charge in [-0.2, -0.15) is 5.10 Å². The molecule has 1 unspecified atom stereocenters. The van der Waals surface area contributed by atoms with E-state index < -0.39 is 5.67 Å². The molecule has 1 aromatic heterocycles. The van der Waals surface area contributed by atoms with E-state index in [4.69, 9.17) is 10.5 Å². The molecule has 4 nitrogen and oxygen atoms in total. The number of aromatic nitrogens is 2. The highest BCUT2D eigenvalue weighted by molar-refractivity contribution is 9.10. The first-order valence-electron chi connectivity index (χ1n) is 6.55. The summed E-state index contributed by atoms with van der Waals surface area (Å²) >= 11 is 3.52. The predicted octanol–water partition coefficient (Wildman–Crippen LogP) is 2.38. The number of hydrogen-bond donors (Lipinski definition) is 1. The largest absolute Gasteiger partial charge is 0.381 e. The van der Waals surface area contributed by atoms with E-state index in [0.717, 1.165) is 22.3 Å². The number of hydrogen-bond acceptors (Lipinski definition) is 3. The monoisotopic (exact) mass is 335 g/mol. The van der Waals surface area contributed by atoms with Crippen LogP contribution in [0.25, 0.3) is 0 Å². The van der Waals surface area contributed by atoms with E-state index in [-0.39, 0.29) is 13.0 Å². The molecule has 0 bridgehead atoms. The van der Waals surface area contributed by atoms with Crippen molar-refractivity contribution in [1.29, 1.82) is 0 Å². The Kier molecular flexibility index (Phi) is 6.42. The van der Waals surface area contributed by atoms with Crippen LogP contribution in [0.3, 0.4) is 0 Å². The molecular weight excluding hydrogens is 313 g/mol. The molecule has 0 aromatic carbocycles. The van der Waals surface area contributed by atoms with Crippen LogP contribution in [-0.4, -0.2) is 35.7 Å². The Labute approximate surface area is 122 Å². The maximum Gasteiger partial charge on any atom is 0.139 e. The summed E-state index contributed by atoms with van der Waals surface area (Å²) in [4.78, 5) is 0. The van der Waals surface area contributed by atoms with Crippen molar-refractivity contribution in [2.45, 2.75) is 38.3 Å². The second-order valence-electron chi connectivity index (χ2n) is 4.84. The van der Waals surface area contributed by atoms with Crippen molar-refractivity contribution in [3.63, 3.8) is 0 Å². The normalized spacial score (nSPS) is 14.6. The van der Waals surface area contributed by atoms with Crippen LogP contribution in [0.4, 0.5) is 4.39 Å². The van der Waals surface area contributed by atoms with E-state index in [0.29, 0.717) is 19.4 Å². The van der Waals surface area contributed by atoms with Gasteiger partial charge in [0.15, 0.2) is 0 Å². The number of rotatable bonds is 8. The van der Waals surface area contributed by atoms with Crippen molar-refractivity contribution in [3.05, 3.63) is 15.9 Å². The number of halogens is 2. The van der Waals surface area contributed by atoms with Crippen molar-refractivity contribution in [2.75, 3.05) is 20.3 Å². The molecule has 0 spiro atoms. The lowest BCUT2D eigenvalue weighted by Gasteiger charge is -2.24. The Bertz CT molecular complexity index is 411. The average Bonchev–Trinajstić information content (AvgIpc) is 2.64. The minimum absolute atomic E-state index is 0.0755. The summed E-state index contributed by atoms with van der Waals surface area (Å²) in [7, 11) is 3.36. The topological polar surface area (TPSA) is 53.1 Å². The van der Waals surface area contributed by atoms with Gasteiger partial charge in [-0.05, 0) is 41.7 Å². The van der Waals surface area contributed by atoms with Gasteiger partial charge in [0.05, 0.1) is 22.5 Å². The highest BCUT2D eigenvalue weighted by atomic mass is 79.9. The van der Waals surface area contributed by atoms with Crippen molar-refractivity contribution in [2.24, 2.45) is 12.8 Å². The fourth-order valence-electron chi connectivity index (χ4n) is 2.20. The van der Waals surface area contributed by atoms with Crippen LogP contribution in [0.15, 0.2) is 4.47 Å². The fourth-order valence-corrected chi connectivity index (χ4v) is 2.96. The van der Waals surface area contributed by atoms with Gasteiger partial charge in [-0.25, -0.2) is 4.39 Å². The molecule has 0 amide bonds. The molecule has 110 valence electrons. The van der Waals surface area contributed by atoms with Crippen LogP contribution in [0.2, 0.25) is 0 Å². The maximum atomic E-state index is 14.9. The predicted molar refractivity (Wildman–Crippen MR) is 78.0 cm³/mol. The molecule has 0 fully saturated rings. The fraction of sp³-hybridized carbons (Fsp3) is 0.769. The molecular formula is C13H23BrFN3O. The van der Waals surface area contributed by atoms with Gasteiger partial charge in [0.25, 0.3) is 0 Å². The second-order valence-corrected chi connectivity index (χ2v) is 5.63. The van der Waals surface area contributed by atoms with Crippen LogP contribution >= 0.6 is 15.9 Å². The van der Waals surface area contributed by atoms with Gasteiger partial charge >= 0.3 is 0 Å². The van der Waals surface area contributed by atoms with Crippen molar-refractivity contribution < 1.29 is 9.13 Å². The summed E-state index contributed by atoms with van der Waals surface area (Å²) in [5.74, 6) is 0. The Hall–Kier alpha value is -0.460.